The molecule has 1 saturated heterocycles. The molecule has 1 fully saturated rings. The van der Waals surface area contributed by atoms with Crippen LogP contribution >= 0.6 is 11.3 Å². The van der Waals surface area contributed by atoms with Gasteiger partial charge in [0.25, 0.3) is 5.91 Å². The average molecular weight is 471 g/mol. The number of para-hydroxylation sites is 1. The molecule has 1 amide bonds. The molecular weight excluding hydrogens is 444 g/mol. The molecule has 3 aromatic rings. The highest BCUT2D eigenvalue weighted by Crippen LogP contribution is 2.33. The first-order valence-electron chi connectivity index (χ1n) is 10.7. The van der Waals surface area contributed by atoms with Crippen molar-refractivity contribution in [3.05, 3.63) is 69.7 Å². The molecule has 32 heavy (non-hydrogen) atoms. The third-order valence-electron chi connectivity index (χ3n) is 5.73. The van der Waals surface area contributed by atoms with Crippen molar-refractivity contribution in [3.63, 3.8) is 0 Å². The van der Waals surface area contributed by atoms with Crippen molar-refractivity contribution in [1.82, 2.24) is 14.5 Å². The molecule has 0 radical (unpaired) electrons. The maximum atomic E-state index is 13.3. The summed E-state index contributed by atoms with van der Waals surface area (Å²) in [6.45, 7) is 4.71. The zero-order chi connectivity index (χ0) is 22.7. The molecule has 0 unspecified atom stereocenters. The Bertz CT molecular complexity index is 1220. The van der Waals surface area contributed by atoms with Gasteiger partial charge in [-0.25, -0.2) is 8.42 Å². The summed E-state index contributed by atoms with van der Waals surface area (Å²) < 4.78 is 28.2. The van der Waals surface area contributed by atoms with Gasteiger partial charge in [-0.1, -0.05) is 54.7 Å². The van der Waals surface area contributed by atoms with Gasteiger partial charge in [0, 0.05) is 24.7 Å². The normalized spacial score (nSPS) is 17.2. The van der Waals surface area contributed by atoms with E-state index >= 15 is 0 Å². The molecule has 168 valence electrons. The lowest BCUT2D eigenvalue weighted by atomic mass is 10.0. The Kier molecular flexibility index (Phi) is 6.68. The van der Waals surface area contributed by atoms with Crippen molar-refractivity contribution in [2.75, 3.05) is 18.4 Å². The van der Waals surface area contributed by atoms with E-state index in [4.69, 9.17) is 0 Å². The Balaban J connectivity index is 1.50. The van der Waals surface area contributed by atoms with E-state index in [1.807, 2.05) is 50.2 Å². The first-order valence-corrected chi connectivity index (χ1v) is 12.9. The van der Waals surface area contributed by atoms with E-state index in [2.05, 4.69) is 15.5 Å². The quantitative estimate of drug-likeness (QED) is 0.582. The van der Waals surface area contributed by atoms with Crippen LogP contribution in [0.4, 0.5) is 5.69 Å². The number of aryl methyl sites for hydroxylation is 2. The number of nitrogens with one attached hydrogen (secondary N) is 1. The van der Waals surface area contributed by atoms with Gasteiger partial charge in [0.2, 0.25) is 15.0 Å². The van der Waals surface area contributed by atoms with Gasteiger partial charge in [-0.15, -0.1) is 10.2 Å². The van der Waals surface area contributed by atoms with Gasteiger partial charge in [0.15, 0.2) is 0 Å². The lowest BCUT2D eigenvalue weighted by molar-refractivity contribution is 0.102. The molecule has 9 heteroatoms. The Labute approximate surface area is 192 Å². The topological polar surface area (TPSA) is 92.3 Å². The minimum Gasteiger partial charge on any atom is -0.320 e. The van der Waals surface area contributed by atoms with Crippen LogP contribution in [0.15, 0.2) is 53.4 Å². The second-order valence-corrected chi connectivity index (χ2v) is 10.8. The summed E-state index contributed by atoms with van der Waals surface area (Å²) in [7, 11) is -3.59. The van der Waals surface area contributed by atoms with Crippen molar-refractivity contribution >= 4 is 33.0 Å². The van der Waals surface area contributed by atoms with Gasteiger partial charge in [-0.2, -0.15) is 4.31 Å². The van der Waals surface area contributed by atoms with Crippen LogP contribution in [-0.4, -0.2) is 41.9 Å². The monoisotopic (exact) mass is 470 g/mol. The second-order valence-electron chi connectivity index (χ2n) is 7.88. The van der Waals surface area contributed by atoms with E-state index in [0.29, 0.717) is 29.4 Å². The number of anilines is 1. The van der Waals surface area contributed by atoms with E-state index < -0.39 is 10.0 Å². The van der Waals surface area contributed by atoms with Gasteiger partial charge in [-0.3, -0.25) is 4.79 Å². The molecule has 0 aliphatic carbocycles. The number of benzene rings is 2. The largest absolute Gasteiger partial charge is 0.320 e. The molecule has 7 nitrogen and oxygen atoms in total. The average Bonchev–Trinajstić information content (AvgIpc) is 3.31. The Morgan fingerprint density at radius 2 is 1.91 bits per heavy atom. The van der Waals surface area contributed by atoms with Crippen LogP contribution in [-0.2, 0) is 16.4 Å². The van der Waals surface area contributed by atoms with Crippen LogP contribution in [0.5, 0.6) is 0 Å². The summed E-state index contributed by atoms with van der Waals surface area (Å²) in [4.78, 5) is 13.0. The maximum absolute atomic E-state index is 13.3. The molecule has 1 aliphatic rings. The standard InChI is InChI=1S/C23H26N4O3S2/c1-3-17-10-5-7-13-20(17)32(29,30)27-14-8-11-18(15-27)22-25-26-23(31-22)21(28)24-19-12-6-4-9-16(19)2/h4-7,9-10,12-13,18H,3,8,11,14-15H2,1-2H3,(H,24,28)/t18-/m0/s1. The Morgan fingerprint density at radius 1 is 1.16 bits per heavy atom. The molecule has 2 aromatic carbocycles. The SMILES string of the molecule is CCc1ccccc1S(=O)(=O)N1CCC[C@H](c2nnc(C(=O)Nc3ccccc3C)s2)C1. The van der Waals surface area contributed by atoms with Crippen molar-refractivity contribution in [2.24, 2.45) is 0 Å². The highest BCUT2D eigenvalue weighted by atomic mass is 32.2. The number of rotatable bonds is 6. The van der Waals surface area contributed by atoms with Gasteiger partial charge >= 0.3 is 0 Å². The summed E-state index contributed by atoms with van der Waals surface area (Å²) >= 11 is 1.23. The molecular formula is C23H26N4O3S2. The predicted octanol–water partition coefficient (Wildman–Crippen LogP) is 4.23. The lowest BCUT2D eigenvalue weighted by Gasteiger charge is -2.31. The third-order valence-corrected chi connectivity index (χ3v) is 8.78. The van der Waals surface area contributed by atoms with Gasteiger partial charge in [0.05, 0.1) is 4.90 Å². The van der Waals surface area contributed by atoms with Crippen LogP contribution in [0.2, 0.25) is 0 Å². The highest BCUT2D eigenvalue weighted by Gasteiger charge is 2.33. The molecule has 0 saturated carbocycles. The number of carbonyl (C=O) groups is 1. The van der Waals surface area contributed by atoms with Gasteiger partial charge in [-0.05, 0) is 49.4 Å². The zero-order valence-electron chi connectivity index (χ0n) is 18.1. The molecule has 0 spiro atoms. The number of hydrogen-bond donors (Lipinski definition) is 1. The van der Waals surface area contributed by atoms with Crippen LogP contribution in [0.3, 0.4) is 0 Å². The molecule has 1 aromatic heterocycles. The minimum atomic E-state index is -3.59. The Morgan fingerprint density at radius 3 is 2.69 bits per heavy atom. The van der Waals surface area contributed by atoms with Crippen LogP contribution < -0.4 is 5.32 Å². The number of sulfonamides is 1. The Hall–Kier alpha value is -2.62. The molecule has 1 aliphatic heterocycles. The van der Waals surface area contributed by atoms with E-state index in [0.717, 1.165) is 29.7 Å². The van der Waals surface area contributed by atoms with E-state index in [-0.39, 0.29) is 16.8 Å². The molecule has 4 rings (SSSR count). The number of carbonyl (C=O) groups excluding carboxylic acids is 1. The second kappa shape index (κ2) is 9.48. The first kappa shape index (κ1) is 22.6. The van der Waals surface area contributed by atoms with E-state index in [9.17, 15) is 13.2 Å². The van der Waals surface area contributed by atoms with E-state index in [1.165, 1.54) is 11.3 Å². The fourth-order valence-corrected chi connectivity index (χ4v) is 6.61. The maximum Gasteiger partial charge on any atom is 0.286 e. The number of nitrogens with zero attached hydrogens (tertiary/aromatic N) is 3. The summed E-state index contributed by atoms with van der Waals surface area (Å²) in [5, 5.41) is 12.2. The number of aromatic nitrogens is 2. The number of piperidine rings is 1. The van der Waals surface area contributed by atoms with Gasteiger partial charge < -0.3 is 5.32 Å². The summed E-state index contributed by atoms with van der Waals surface area (Å²) in [5.74, 6) is -0.384. The van der Waals surface area contributed by atoms with Crippen molar-refractivity contribution in [2.45, 2.75) is 43.9 Å². The van der Waals surface area contributed by atoms with Crippen LogP contribution in [0.25, 0.3) is 0 Å². The number of amides is 1. The van der Waals surface area contributed by atoms with Crippen LogP contribution in [0, 0.1) is 6.92 Å². The fraction of sp³-hybridized carbons (Fsp3) is 0.348. The van der Waals surface area contributed by atoms with Crippen molar-refractivity contribution in [1.29, 1.82) is 0 Å². The molecule has 1 N–H and O–H groups in total. The van der Waals surface area contributed by atoms with E-state index in [1.54, 1.807) is 16.4 Å². The van der Waals surface area contributed by atoms with Crippen molar-refractivity contribution in [3.8, 4) is 0 Å². The zero-order valence-corrected chi connectivity index (χ0v) is 19.7. The third kappa shape index (κ3) is 4.60. The highest BCUT2D eigenvalue weighted by molar-refractivity contribution is 7.89. The molecule has 2 heterocycles. The predicted molar refractivity (Wildman–Crippen MR) is 126 cm³/mol. The lowest BCUT2D eigenvalue weighted by Crippen LogP contribution is -2.39. The number of hydrogen-bond acceptors (Lipinski definition) is 6. The first-order chi connectivity index (χ1) is 15.4. The fourth-order valence-electron chi connectivity index (χ4n) is 3.93. The van der Waals surface area contributed by atoms with Crippen molar-refractivity contribution < 1.29 is 13.2 Å². The minimum absolute atomic E-state index is 0.0789. The summed E-state index contributed by atoms with van der Waals surface area (Å²) in [6.07, 6.45) is 2.21. The summed E-state index contributed by atoms with van der Waals surface area (Å²) in [5.41, 5.74) is 2.52. The van der Waals surface area contributed by atoms with Gasteiger partial charge in [0.1, 0.15) is 5.01 Å². The van der Waals surface area contributed by atoms with Crippen LogP contribution in [0.1, 0.15) is 51.6 Å². The smallest absolute Gasteiger partial charge is 0.286 e. The molecule has 0 bridgehead atoms. The molecule has 1 atom stereocenters. The summed E-state index contributed by atoms with van der Waals surface area (Å²) in [6, 6.07) is 14.7.